The van der Waals surface area contributed by atoms with E-state index in [0.717, 1.165) is 11.3 Å². The van der Waals surface area contributed by atoms with Crippen LogP contribution in [-0.4, -0.2) is 11.7 Å². The van der Waals surface area contributed by atoms with Crippen molar-refractivity contribution < 1.29 is 4.74 Å². The topological polar surface area (TPSA) is 38.0 Å². The number of ether oxygens (including phenoxy) is 1. The Labute approximate surface area is 105 Å². The Hall–Kier alpha value is -1.92. The van der Waals surface area contributed by atoms with Gasteiger partial charge in [0, 0.05) is 12.7 Å². The number of methoxy groups -OCH3 is 1. The van der Waals surface area contributed by atoms with Crippen molar-refractivity contribution >= 4 is 11.6 Å². The standard InChI is InChI=1S/C13H11ClN2O/c1-17-11-4-2-10(3-5-11)9-16-7-6-12(14)13(16)8-15/h2-7H,9H2,1H3. The summed E-state index contributed by atoms with van der Waals surface area (Å²) >= 11 is 5.90. The van der Waals surface area contributed by atoms with Crippen molar-refractivity contribution in [2.24, 2.45) is 0 Å². The van der Waals surface area contributed by atoms with Crippen molar-refractivity contribution in [3.05, 3.63) is 52.8 Å². The zero-order chi connectivity index (χ0) is 12.3. The van der Waals surface area contributed by atoms with E-state index in [4.69, 9.17) is 21.6 Å². The Morgan fingerprint density at radius 2 is 2.00 bits per heavy atom. The third-order valence-electron chi connectivity index (χ3n) is 2.53. The van der Waals surface area contributed by atoms with Crippen molar-refractivity contribution in [2.75, 3.05) is 7.11 Å². The van der Waals surface area contributed by atoms with Crippen LogP contribution in [0, 0.1) is 11.3 Å². The van der Waals surface area contributed by atoms with E-state index in [1.54, 1.807) is 13.2 Å². The second-order valence-corrected chi connectivity index (χ2v) is 4.01. The Balaban J connectivity index is 2.23. The molecule has 0 fully saturated rings. The van der Waals surface area contributed by atoms with E-state index in [1.165, 1.54) is 0 Å². The van der Waals surface area contributed by atoms with E-state index in [9.17, 15) is 0 Å². The highest BCUT2D eigenvalue weighted by molar-refractivity contribution is 6.31. The third-order valence-corrected chi connectivity index (χ3v) is 2.84. The molecular formula is C13H11ClN2O. The van der Waals surface area contributed by atoms with Gasteiger partial charge >= 0.3 is 0 Å². The van der Waals surface area contributed by atoms with Crippen LogP contribution in [0.3, 0.4) is 0 Å². The molecule has 0 aliphatic carbocycles. The summed E-state index contributed by atoms with van der Waals surface area (Å²) in [5.74, 6) is 0.819. The largest absolute Gasteiger partial charge is 0.497 e. The van der Waals surface area contributed by atoms with E-state index in [1.807, 2.05) is 35.0 Å². The molecule has 0 saturated carbocycles. The molecule has 0 unspecified atom stereocenters. The number of aromatic nitrogens is 1. The summed E-state index contributed by atoms with van der Waals surface area (Å²) in [7, 11) is 1.63. The normalized spacial score (nSPS) is 9.94. The molecule has 4 heteroatoms. The zero-order valence-electron chi connectivity index (χ0n) is 9.35. The van der Waals surface area contributed by atoms with Gasteiger partial charge in [0.15, 0.2) is 0 Å². The van der Waals surface area contributed by atoms with E-state index in [0.29, 0.717) is 17.3 Å². The van der Waals surface area contributed by atoms with Crippen LogP contribution in [0.15, 0.2) is 36.5 Å². The fourth-order valence-corrected chi connectivity index (χ4v) is 1.83. The first-order valence-electron chi connectivity index (χ1n) is 5.12. The van der Waals surface area contributed by atoms with Crippen molar-refractivity contribution in [3.8, 4) is 11.8 Å². The summed E-state index contributed by atoms with van der Waals surface area (Å²) in [4.78, 5) is 0. The van der Waals surface area contributed by atoms with Crippen LogP contribution >= 0.6 is 11.6 Å². The molecule has 2 aromatic rings. The first-order chi connectivity index (χ1) is 8.24. The van der Waals surface area contributed by atoms with Crippen LogP contribution in [0.25, 0.3) is 0 Å². The third kappa shape index (κ3) is 2.43. The maximum absolute atomic E-state index is 8.97. The Morgan fingerprint density at radius 1 is 1.29 bits per heavy atom. The van der Waals surface area contributed by atoms with E-state index >= 15 is 0 Å². The highest BCUT2D eigenvalue weighted by Crippen LogP contribution is 2.18. The van der Waals surface area contributed by atoms with Crippen molar-refractivity contribution in [1.82, 2.24) is 4.57 Å². The highest BCUT2D eigenvalue weighted by Gasteiger charge is 2.06. The first-order valence-corrected chi connectivity index (χ1v) is 5.50. The number of rotatable bonds is 3. The lowest BCUT2D eigenvalue weighted by Gasteiger charge is -2.06. The Bertz CT molecular complexity index is 552. The minimum atomic E-state index is 0.487. The summed E-state index contributed by atoms with van der Waals surface area (Å²) < 4.78 is 6.91. The maximum Gasteiger partial charge on any atom is 0.139 e. The molecule has 86 valence electrons. The van der Waals surface area contributed by atoms with Crippen LogP contribution in [0.5, 0.6) is 5.75 Å². The lowest BCUT2D eigenvalue weighted by molar-refractivity contribution is 0.414. The van der Waals surface area contributed by atoms with Crippen LogP contribution in [-0.2, 0) is 6.54 Å². The van der Waals surface area contributed by atoms with E-state index < -0.39 is 0 Å². The van der Waals surface area contributed by atoms with Gasteiger partial charge < -0.3 is 9.30 Å². The quantitative estimate of drug-likeness (QED) is 0.835. The van der Waals surface area contributed by atoms with Crippen LogP contribution < -0.4 is 4.74 Å². The number of halogens is 1. The van der Waals surface area contributed by atoms with Crippen LogP contribution in [0.4, 0.5) is 0 Å². The average Bonchev–Trinajstić information content (AvgIpc) is 2.71. The van der Waals surface area contributed by atoms with Gasteiger partial charge in [-0.15, -0.1) is 0 Å². The predicted octanol–water partition coefficient (Wildman–Crippen LogP) is 3.07. The molecule has 1 heterocycles. The fraction of sp³-hybridized carbons (Fsp3) is 0.154. The molecule has 0 aliphatic heterocycles. The molecule has 3 nitrogen and oxygen atoms in total. The van der Waals surface area contributed by atoms with Gasteiger partial charge in [0.25, 0.3) is 0 Å². The summed E-state index contributed by atoms with van der Waals surface area (Å²) in [5, 5.41) is 9.46. The molecule has 0 bridgehead atoms. The van der Waals surface area contributed by atoms with Crippen molar-refractivity contribution in [1.29, 1.82) is 5.26 Å². The predicted molar refractivity (Wildman–Crippen MR) is 66.3 cm³/mol. The van der Waals surface area contributed by atoms with Crippen molar-refractivity contribution in [3.63, 3.8) is 0 Å². The maximum atomic E-state index is 8.97. The van der Waals surface area contributed by atoms with Gasteiger partial charge in [-0.1, -0.05) is 23.7 Å². The zero-order valence-corrected chi connectivity index (χ0v) is 10.1. The van der Waals surface area contributed by atoms with Gasteiger partial charge in [-0.25, -0.2) is 0 Å². The van der Waals surface area contributed by atoms with Gasteiger partial charge in [0.1, 0.15) is 17.5 Å². The highest BCUT2D eigenvalue weighted by atomic mass is 35.5. The van der Waals surface area contributed by atoms with Crippen LogP contribution in [0.1, 0.15) is 11.3 Å². The second-order valence-electron chi connectivity index (χ2n) is 3.60. The summed E-state index contributed by atoms with van der Waals surface area (Å²) in [5.41, 5.74) is 1.58. The van der Waals surface area contributed by atoms with Gasteiger partial charge in [0.2, 0.25) is 0 Å². The van der Waals surface area contributed by atoms with Crippen molar-refractivity contribution in [2.45, 2.75) is 6.54 Å². The van der Waals surface area contributed by atoms with Gasteiger partial charge in [-0.2, -0.15) is 5.26 Å². The van der Waals surface area contributed by atoms with E-state index in [2.05, 4.69) is 6.07 Å². The van der Waals surface area contributed by atoms with E-state index in [-0.39, 0.29) is 0 Å². The lowest BCUT2D eigenvalue weighted by atomic mass is 10.2. The minimum absolute atomic E-state index is 0.487. The molecule has 1 aromatic carbocycles. The lowest BCUT2D eigenvalue weighted by Crippen LogP contribution is -2.00. The minimum Gasteiger partial charge on any atom is -0.497 e. The summed E-state index contributed by atoms with van der Waals surface area (Å²) in [6, 6.07) is 11.5. The molecule has 2 rings (SSSR count). The monoisotopic (exact) mass is 246 g/mol. The average molecular weight is 247 g/mol. The summed E-state index contributed by atoms with van der Waals surface area (Å²) in [6.45, 7) is 0.625. The second kappa shape index (κ2) is 4.94. The number of nitrogens with zero attached hydrogens (tertiary/aromatic N) is 2. The van der Waals surface area contributed by atoms with Gasteiger partial charge in [-0.3, -0.25) is 0 Å². The molecule has 0 saturated heterocycles. The number of hydrogen-bond donors (Lipinski definition) is 0. The van der Waals surface area contributed by atoms with Crippen LogP contribution in [0.2, 0.25) is 5.02 Å². The number of benzene rings is 1. The Morgan fingerprint density at radius 3 is 2.59 bits per heavy atom. The van der Waals surface area contributed by atoms with Gasteiger partial charge in [-0.05, 0) is 23.8 Å². The first kappa shape index (κ1) is 11.6. The smallest absolute Gasteiger partial charge is 0.139 e. The van der Waals surface area contributed by atoms with Gasteiger partial charge in [0.05, 0.1) is 12.1 Å². The molecule has 1 aromatic heterocycles. The molecule has 0 aliphatic rings. The molecule has 0 spiro atoms. The Kier molecular flexibility index (Phi) is 3.36. The molecule has 0 amide bonds. The number of nitriles is 1. The number of hydrogen-bond acceptors (Lipinski definition) is 2. The molecular weight excluding hydrogens is 236 g/mol. The summed E-state index contributed by atoms with van der Waals surface area (Å²) in [6.07, 6.45) is 1.81. The SMILES string of the molecule is COc1ccc(Cn2ccc(Cl)c2C#N)cc1. The molecule has 0 N–H and O–H groups in total. The molecule has 17 heavy (non-hydrogen) atoms. The molecule has 0 atom stereocenters. The fourth-order valence-electron chi connectivity index (χ4n) is 1.62. The molecule has 0 radical (unpaired) electrons.